The van der Waals surface area contributed by atoms with Crippen LogP contribution in [0.5, 0.6) is 0 Å². The zero-order chi connectivity index (χ0) is 17.9. The van der Waals surface area contributed by atoms with Crippen LogP contribution < -0.4 is 10.9 Å². The Bertz CT molecular complexity index is 974. The largest absolute Gasteiger partial charge is 0.317 e. The van der Waals surface area contributed by atoms with E-state index in [9.17, 15) is 4.79 Å². The Morgan fingerprint density at radius 3 is 2.77 bits per heavy atom. The summed E-state index contributed by atoms with van der Waals surface area (Å²) < 4.78 is 1.73. The molecule has 134 valence electrons. The van der Waals surface area contributed by atoms with Crippen molar-refractivity contribution in [3.05, 3.63) is 75.2 Å². The van der Waals surface area contributed by atoms with Crippen molar-refractivity contribution in [1.29, 1.82) is 0 Å². The van der Waals surface area contributed by atoms with E-state index in [0.29, 0.717) is 6.42 Å². The van der Waals surface area contributed by atoms with Crippen LogP contribution in [-0.4, -0.2) is 22.9 Å². The van der Waals surface area contributed by atoms with Crippen molar-refractivity contribution in [2.75, 3.05) is 13.1 Å². The predicted octanol–water partition coefficient (Wildman–Crippen LogP) is 3.96. The summed E-state index contributed by atoms with van der Waals surface area (Å²) in [6.45, 7) is 1.93. The minimum absolute atomic E-state index is 0.0161. The third-order valence-corrected chi connectivity index (χ3v) is 5.29. The Balaban J connectivity index is 1.83. The molecule has 1 fully saturated rings. The normalized spacial score (nSPS) is 18.0. The van der Waals surface area contributed by atoms with E-state index >= 15 is 0 Å². The standard InChI is InChI=1S/C21H22ClN3O/c22-16-6-3-5-15(13-16)14-20-18-8-1-2-9-19(18)21(26)25(24-20)17-7-4-11-23-12-10-17/h1-3,5-6,8-9,13,17,23H,4,7,10-12,14H2. The molecule has 26 heavy (non-hydrogen) atoms. The molecule has 3 aromatic rings. The Kier molecular flexibility index (Phi) is 5.05. The van der Waals surface area contributed by atoms with Gasteiger partial charge in [0, 0.05) is 16.8 Å². The number of hydrogen-bond acceptors (Lipinski definition) is 3. The van der Waals surface area contributed by atoms with Gasteiger partial charge in [0.05, 0.1) is 17.1 Å². The van der Waals surface area contributed by atoms with E-state index in [2.05, 4.69) is 5.32 Å². The van der Waals surface area contributed by atoms with Crippen LogP contribution in [-0.2, 0) is 6.42 Å². The Morgan fingerprint density at radius 1 is 1.08 bits per heavy atom. The molecule has 4 nitrogen and oxygen atoms in total. The van der Waals surface area contributed by atoms with Crippen LogP contribution in [0.1, 0.15) is 36.6 Å². The highest BCUT2D eigenvalue weighted by Crippen LogP contribution is 2.22. The molecule has 1 aromatic heterocycles. The fraction of sp³-hybridized carbons (Fsp3) is 0.333. The maximum Gasteiger partial charge on any atom is 0.274 e. The van der Waals surface area contributed by atoms with Crippen molar-refractivity contribution >= 4 is 22.4 Å². The van der Waals surface area contributed by atoms with Crippen molar-refractivity contribution in [1.82, 2.24) is 15.1 Å². The molecule has 2 heterocycles. The zero-order valence-corrected chi connectivity index (χ0v) is 15.4. The number of nitrogens with zero attached hydrogens (tertiary/aromatic N) is 2. The summed E-state index contributed by atoms with van der Waals surface area (Å²) in [7, 11) is 0. The van der Waals surface area contributed by atoms with Crippen molar-refractivity contribution in [2.24, 2.45) is 0 Å². The van der Waals surface area contributed by atoms with Gasteiger partial charge in [-0.25, -0.2) is 4.68 Å². The quantitative estimate of drug-likeness (QED) is 0.762. The average molecular weight is 368 g/mol. The van der Waals surface area contributed by atoms with E-state index in [-0.39, 0.29) is 11.6 Å². The highest BCUT2D eigenvalue weighted by atomic mass is 35.5. The second-order valence-corrected chi connectivity index (χ2v) is 7.32. The highest BCUT2D eigenvalue weighted by Gasteiger charge is 2.19. The van der Waals surface area contributed by atoms with Crippen LogP contribution in [0, 0.1) is 0 Å². The summed E-state index contributed by atoms with van der Waals surface area (Å²) in [4.78, 5) is 13.1. The molecule has 1 unspecified atom stereocenters. The van der Waals surface area contributed by atoms with Crippen LogP contribution in [0.4, 0.5) is 0 Å². The lowest BCUT2D eigenvalue weighted by molar-refractivity contribution is 0.395. The molecule has 2 aromatic carbocycles. The molecule has 0 saturated carbocycles. The lowest BCUT2D eigenvalue weighted by atomic mass is 10.0. The van der Waals surface area contributed by atoms with Gasteiger partial charge in [-0.15, -0.1) is 0 Å². The van der Waals surface area contributed by atoms with E-state index in [0.717, 1.165) is 59.4 Å². The molecule has 0 bridgehead atoms. The molecule has 0 amide bonds. The molecule has 0 aliphatic carbocycles. The number of rotatable bonds is 3. The summed E-state index contributed by atoms with van der Waals surface area (Å²) in [5.74, 6) is 0. The van der Waals surface area contributed by atoms with Gasteiger partial charge in [0.2, 0.25) is 0 Å². The van der Waals surface area contributed by atoms with E-state index < -0.39 is 0 Å². The topological polar surface area (TPSA) is 46.9 Å². The first-order valence-corrected chi connectivity index (χ1v) is 9.56. The van der Waals surface area contributed by atoms with Gasteiger partial charge in [-0.3, -0.25) is 4.79 Å². The SMILES string of the molecule is O=c1c2ccccc2c(Cc2cccc(Cl)c2)nn1C1CCCNCC1. The lowest BCUT2D eigenvalue weighted by Crippen LogP contribution is -2.29. The minimum atomic E-state index is 0.0161. The molecule has 1 aliphatic rings. The number of fused-ring (bicyclic) bond motifs is 1. The number of hydrogen-bond donors (Lipinski definition) is 1. The smallest absolute Gasteiger partial charge is 0.274 e. The van der Waals surface area contributed by atoms with Crippen LogP contribution in [0.3, 0.4) is 0 Å². The van der Waals surface area contributed by atoms with E-state index in [1.165, 1.54) is 0 Å². The van der Waals surface area contributed by atoms with Gasteiger partial charge >= 0.3 is 0 Å². The summed E-state index contributed by atoms with van der Waals surface area (Å²) >= 11 is 6.14. The van der Waals surface area contributed by atoms with Gasteiger partial charge in [-0.1, -0.05) is 41.9 Å². The number of halogens is 1. The fourth-order valence-electron chi connectivity index (χ4n) is 3.74. The monoisotopic (exact) mass is 367 g/mol. The second-order valence-electron chi connectivity index (χ2n) is 6.88. The second kappa shape index (κ2) is 7.60. The van der Waals surface area contributed by atoms with Gasteiger partial charge in [0.25, 0.3) is 5.56 Å². The van der Waals surface area contributed by atoms with E-state index in [4.69, 9.17) is 16.7 Å². The third-order valence-electron chi connectivity index (χ3n) is 5.06. The maximum absolute atomic E-state index is 13.1. The van der Waals surface area contributed by atoms with Crippen molar-refractivity contribution < 1.29 is 0 Å². The Hall–Kier alpha value is -2.17. The average Bonchev–Trinajstić information content (AvgIpc) is 2.93. The first-order valence-electron chi connectivity index (χ1n) is 9.18. The molecule has 0 spiro atoms. The van der Waals surface area contributed by atoms with Crippen LogP contribution in [0.25, 0.3) is 10.8 Å². The van der Waals surface area contributed by atoms with Crippen molar-refractivity contribution in [3.8, 4) is 0 Å². The molecular formula is C21H22ClN3O. The molecule has 1 N–H and O–H groups in total. The van der Waals surface area contributed by atoms with Gasteiger partial charge in [-0.2, -0.15) is 5.10 Å². The zero-order valence-electron chi connectivity index (χ0n) is 14.6. The molecule has 1 saturated heterocycles. The number of benzene rings is 2. The highest BCUT2D eigenvalue weighted by molar-refractivity contribution is 6.30. The summed E-state index contributed by atoms with van der Waals surface area (Å²) in [6, 6.07) is 15.8. The van der Waals surface area contributed by atoms with Crippen LogP contribution >= 0.6 is 11.6 Å². The Labute approximate surface area is 157 Å². The van der Waals surface area contributed by atoms with E-state index in [1.807, 2.05) is 48.5 Å². The maximum atomic E-state index is 13.1. The summed E-state index contributed by atoms with van der Waals surface area (Å²) in [6.07, 6.45) is 3.64. The Morgan fingerprint density at radius 2 is 1.92 bits per heavy atom. The molecule has 4 rings (SSSR count). The summed E-state index contributed by atoms with van der Waals surface area (Å²) in [5.41, 5.74) is 2.05. The number of aromatic nitrogens is 2. The molecular weight excluding hydrogens is 346 g/mol. The van der Waals surface area contributed by atoms with Gasteiger partial charge in [-0.05, 0) is 56.1 Å². The summed E-state index contributed by atoms with van der Waals surface area (Å²) in [5, 5.41) is 10.6. The molecule has 1 atom stereocenters. The lowest BCUT2D eigenvalue weighted by Gasteiger charge is -2.18. The van der Waals surface area contributed by atoms with Gasteiger partial charge < -0.3 is 5.32 Å². The van der Waals surface area contributed by atoms with Crippen LogP contribution in [0.15, 0.2) is 53.3 Å². The first-order chi connectivity index (χ1) is 12.7. The molecule has 5 heteroatoms. The van der Waals surface area contributed by atoms with Crippen molar-refractivity contribution in [2.45, 2.75) is 31.7 Å². The fourth-order valence-corrected chi connectivity index (χ4v) is 3.95. The minimum Gasteiger partial charge on any atom is -0.317 e. The molecule has 0 radical (unpaired) electrons. The van der Waals surface area contributed by atoms with E-state index in [1.54, 1.807) is 4.68 Å². The van der Waals surface area contributed by atoms with Crippen LogP contribution in [0.2, 0.25) is 5.02 Å². The predicted molar refractivity (Wildman–Crippen MR) is 106 cm³/mol. The van der Waals surface area contributed by atoms with Gasteiger partial charge in [0.1, 0.15) is 0 Å². The third kappa shape index (κ3) is 3.53. The number of nitrogens with one attached hydrogen (secondary N) is 1. The molecule has 1 aliphatic heterocycles. The van der Waals surface area contributed by atoms with Gasteiger partial charge in [0.15, 0.2) is 0 Å². The van der Waals surface area contributed by atoms with Crippen molar-refractivity contribution in [3.63, 3.8) is 0 Å². The first kappa shape index (κ1) is 17.3.